The van der Waals surface area contributed by atoms with Crippen molar-refractivity contribution in [3.05, 3.63) is 63.6 Å². The highest BCUT2D eigenvalue weighted by Crippen LogP contribution is 2.26. The van der Waals surface area contributed by atoms with E-state index in [0.717, 1.165) is 29.7 Å². The van der Waals surface area contributed by atoms with Crippen molar-refractivity contribution in [3.8, 4) is 5.75 Å². The summed E-state index contributed by atoms with van der Waals surface area (Å²) in [5.41, 5.74) is 4.13. The number of fused-ring (bicyclic) bond motifs is 1. The zero-order valence-electron chi connectivity index (χ0n) is 10.7. The van der Waals surface area contributed by atoms with E-state index in [4.69, 9.17) is 4.74 Å². The number of nitrogens with one attached hydrogen (secondary N) is 1. The highest BCUT2D eigenvalue weighted by Gasteiger charge is 2.12. The van der Waals surface area contributed by atoms with Crippen LogP contribution in [0.4, 0.5) is 0 Å². The van der Waals surface area contributed by atoms with Crippen LogP contribution >= 0.6 is 15.9 Å². The van der Waals surface area contributed by atoms with Crippen LogP contribution in [-0.2, 0) is 19.6 Å². The van der Waals surface area contributed by atoms with Crippen LogP contribution in [-0.4, -0.2) is 6.54 Å². The minimum absolute atomic E-state index is 0.619. The quantitative estimate of drug-likeness (QED) is 0.932. The summed E-state index contributed by atoms with van der Waals surface area (Å²) < 4.78 is 6.91. The molecule has 0 fully saturated rings. The Bertz CT molecular complexity index is 583. The van der Waals surface area contributed by atoms with Crippen LogP contribution < -0.4 is 10.1 Å². The molecule has 3 heteroatoms. The monoisotopic (exact) mass is 317 g/mol. The Morgan fingerprint density at radius 1 is 1.11 bits per heavy atom. The van der Waals surface area contributed by atoms with E-state index in [1.165, 1.54) is 16.7 Å². The Hall–Kier alpha value is -1.32. The predicted octanol–water partition coefficient (Wildman–Crippen LogP) is 3.67. The molecule has 1 aliphatic rings. The van der Waals surface area contributed by atoms with Crippen molar-refractivity contribution < 1.29 is 4.74 Å². The van der Waals surface area contributed by atoms with Gasteiger partial charge in [0.1, 0.15) is 12.4 Å². The first-order chi connectivity index (χ1) is 9.34. The smallest absolute Gasteiger partial charge is 0.133 e. The zero-order valence-corrected chi connectivity index (χ0v) is 12.2. The topological polar surface area (TPSA) is 21.3 Å². The van der Waals surface area contributed by atoms with E-state index >= 15 is 0 Å². The lowest BCUT2D eigenvalue weighted by atomic mass is 9.96. The van der Waals surface area contributed by atoms with Crippen LogP contribution in [0, 0.1) is 0 Å². The third-order valence-electron chi connectivity index (χ3n) is 3.46. The van der Waals surface area contributed by atoms with Gasteiger partial charge in [-0.3, -0.25) is 0 Å². The number of para-hydroxylation sites is 1. The lowest BCUT2D eigenvalue weighted by Gasteiger charge is -2.20. The summed E-state index contributed by atoms with van der Waals surface area (Å²) in [6, 6.07) is 14.5. The first-order valence-corrected chi connectivity index (χ1v) is 7.31. The van der Waals surface area contributed by atoms with Gasteiger partial charge >= 0.3 is 0 Å². The maximum atomic E-state index is 5.91. The van der Waals surface area contributed by atoms with Crippen molar-refractivity contribution in [2.24, 2.45) is 0 Å². The molecule has 1 N–H and O–H groups in total. The van der Waals surface area contributed by atoms with Crippen molar-refractivity contribution >= 4 is 15.9 Å². The molecule has 98 valence electrons. The zero-order chi connectivity index (χ0) is 13.1. The molecule has 2 nitrogen and oxygen atoms in total. The van der Waals surface area contributed by atoms with Gasteiger partial charge in [0.05, 0.1) is 4.47 Å². The fourth-order valence-electron chi connectivity index (χ4n) is 2.44. The molecule has 0 bridgehead atoms. The van der Waals surface area contributed by atoms with E-state index < -0.39 is 0 Å². The van der Waals surface area contributed by atoms with Crippen LogP contribution in [0.15, 0.2) is 46.9 Å². The van der Waals surface area contributed by atoms with Crippen LogP contribution in [0.1, 0.15) is 16.7 Å². The molecule has 1 heterocycles. The normalized spacial score (nSPS) is 13.9. The predicted molar refractivity (Wildman–Crippen MR) is 80.3 cm³/mol. The maximum absolute atomic E-state index is 5.91. The van der Waals surface area contributed by atoms with E-state index in [-0.39, 0.29) is 0 Å². The highest BCUT2D eigenvalue weighted by atomic mass is 79.9. The lowest BCUT2D eigenvalue weighted by Crippen LogP contribution is -2.25. The van der Waals surface area contributed by atoms with Crippen molar-refractivity contribution in [3.63, 3.8) is 0 Å². The molecule has 19 heavy (non-hydrogen) atoms. The highest BCUT2D eigenvalue weighted by molar-refractivity contribution is 9.10. The molecule has 0 atom stereocenters. The Balaban J connectivity index is 1.79. The Morgan fingerprint density at radius 3 is 2.89 bits per heavy atom. The second-order valence-corrected chi connectivity index (χ2v) is 5.56. The Kier molecular flexibility index (Phi) is 3.85. The molecule has 0 unspecified atom stereocenters. The van der Waals surface area contributed by atoms with Gasteiger partial charge in [0.2, 0.25) is 0 Å². The molecular formula is C16H16BrNO. The molecule has 0 saturated heterocycles. The molecule has 1 aliphatic heterocycles. The molecule has 0 aromatic heterocycles. The van der Waals surface area contributed by atoms with E-state index in [2.05, 4.69) is 39.4 Å². The van der Waals surface area contributed by atoms with Gasteiger partial charge in [-0.25, -0.2) is 0 Å². The average molecular weight is 318 g/mol. The van der Waals surface area contributed by atoms with Crippen LogP contribution in [0.3, 0.4) is 0 Å². The Morgan fingerprint density at radius 2 is 2.00 bits per heavy atom. The number of rotatable bonds is 3. The van der Waals surface area contributed by atoms with E-state index in [9.17, 15) is 0 Å². The summed E-state index contributed by atoms with van der Waals surface area (Å²) in [6.45, 7) is 2.64. The number of halogens is 1. The number of benzene rings is 2. The second-order valence-electron chi connectivity index (χ2n) is 4.70. The summed E-state index contributed by atoms with van der Waals surface area (Å²) in [6.07, 6.45) is 1.11. The molecule has 0 saturated carbocycles. The molecular weight excluding hydrogens is 302 g/mol. The molecule has 2 aromatic rings. The fraction of sp³-hybridized carbons (Fsp3) is 0.250. The van der Waals surface area contributed by atoms with E-state index in [1.807, 2.05) is 24.3 Å². The fourth-order valence-corrected chi connectivity index (χ4v) is 2.84. The maximum Gasteiger partial charge on any atom is 0.133 e. The van der Waals surface area contributed by atoms with E-state index in [0.29, 0.717) is 6.61 Å². The van der Waals surface area contributed by atoms with Crippen LogP contribution in [0.25, 0.3) is 0 Å². The lowest BCUT2D eigenvalue weighted by molar-refractivity contribution is 0.302. The third kappa shape index (κ3) is 2.82. The summed E-state index contributed by atoms with van der Waals surface area (Å²) >= 11 is 3.51. The Labute approximate surface area is 121 Å². The van der Waals surface area contributed by atoms with Crippen LogP contribution in [0.2, 0.25) is 0 Å². The minimum Gasteiger partial charge on any atom is -0.488 e. The molecule has 0 radical (unpaired) electrons. The molecule has 0 amide bonds. The summed E-state index contributed by atoms with van der Waals surface area (Å²) in [5.74, 6) is 0.892. The number of hydrogen-bond donors (Lipinski definition) is 1. The van der Waals surface area contributed by atoms with Gasteiger partial charge in [-0.15, -0.1) is 0 Å². The van der Waals surface area contributed by atoms with Gasteiger partial charge in [-0.2, -0.15) is 0 Å². The van der Waals surface area contributed by atoms with Crippen molar-refractivity contribution in [1.29, 1.82) is 0 Å². The largest absolute Gasteiger partial charge is 0.488 e. The SMILES string of the molecule is Brc1ccccc1OCc1cccc2c1CNCC2. The van der Waals surface area contributed by atoms with Gasteiger partial charge in [0.15, 0.2) is 0 Å². The number of ether oxygens (including phenoxy) is 1. The van der Waals surface area contributed by atoms with Gasteiger partial charge in [-0.1, -0.05) is 30.3 Å². The van der Waals surface area contributed by atoms with Crippen molar-refractivity contribution in [2.75, 3.05) is 6.54 Å². The third-order valence-corrected chi connectivity index (χ3v) is 4.12. The number of hydrogen-bond acceptors (Lipinski definition) is 2. The summed E-state index contributed by atoms with van der Waals surface area (Å²) in [4.78, 5) is 0. The first kappa shape index (κ1) is 12.7. The standard InChI is InChI=1S/C16H16BrNO/c17-15-6-1-2-7-16(15)19-11-13-5-3-4-12-8-9-18-10-14(12)13/h1-7,18H,8-11H2. The van der Waals surface area contributed by atoms with Gasteiger partial charge < -0.3 is 10.1 Å². The minimum atomic E-state index is 0.619. The second kappa shape index (κ2) is 5.76. The average Bonchev–Trinajstić information content (AvgIpc) is 2.46. The van der Waals surface area contributed by atoms with Crippen molar-refractivity contribution in [1.82, 2.24) is 5.32 Å². The van der Waals surface area contributed by atoms with Gasteiger partial charge in [0, 0.05) is 6.54 Å². The van der Waals surface area contributed by atoms with Gasteiger partial charge in [0.25, 0.3) is 0 Å². The molecule has 3 rings (SSSR count). The summed E-state index contributed by atoms with van der Waals surface area (Å²) in [5, 5.41) is 3.43. The van der Waals surface area contributed by atoms with E-state index in [1.54, 1.807) is 0 Å². The molecule has 0 aliphatic carbocycles. The molecule has 2 aromatic carbocycles. The van der Waals surface area contributed by atoms with Gasteiger partial charge in [-0.05, 0) is 57.7 Å². The summed E-state index contributed by atoms with van der Waals surface area (Å²) in [7, 11) is 0. The van der Waals surface area contributed by atoms with Crippen molar-refractivity contribution in [2.45, 2.75) is 19.6 Å². The first-order valence-electron chi connectivity index (χ1n) is 6.52. The van der Waals surface area contributed by atoms with Crippen LogP contribution in [0.5, 0.6) is 5.75 Å². The molecule has 0 spiro atoms.